The maximum absolute atomic E-state index is 6.30. The number of hydrogen-bond donors (Lipinski definition) is 0. The summed E-state index contributed by atoms with van der Waals surface area (Å²) >= 11 is 21.5. The van der Waals surface area contributed by atoms with Gasteiger partial charge < -0.3 is 27.1 Å². The molecule has 192 valence electrons. The minimum absolute atomic E-state index is 0.215. The summed E-state index contributed by atoms with van der Waals surface area (Å²) in [6, 6.07) is 0. The Morgan fingerprint density at radius 3 is 0.758 bits per heavy atom. The molecule has 3 fully saturated rings. The second-order valence-corrected chi connectivity index (χ2v) is 18.7. The third-order valence-electron chi connectivity index (χ3n) is 5.61. The van der Waals surface area contributed by atoms with Crippen molar-refractivity contribution in [3.05, 3.63) is 0 Å². The molecule has 3 spiro atoms. The predicted molar refractivity (Wildman–Crippen MR) is 154 cm³/mol. The zero-order chi connectivity index (χ0) is 23.8. The van der Waals surface area contributed by atoms with Crippen molar-refractivity contribution in [2.45, 2.75) is 0 Å². The maximum Gasteiger partial charge on any atom is 0.349 e. The molecule has 3 saturated heterocycles. The van der Waals surface area contributed by atoms with Gasteiger partial charge in [-0.15, -0.1) is 13.5 Å². The average Bonchev–Trinajstić information content (AvgIpc) is 2.86. The van der Waals surface area contributed by atoms with Gasteiger partial charge in [0.05, 0.1) is 39.6 Å². The highest BCUT2D eigenvalue weighted by atomic mass is 79.9. The average molecular weight is 915 g/mol. The SMILES string of the molecule is BrCC1(CBr)COP2(=NP3(=NP4(=N2)OCC(CBr)(CBr)CO4)OCC(CBr)(CBr)CO3)OC1. The fourth-order valence-electron chi connectivity index (χ4n) is 2.92. The molecule has 0 unspecified atom stereocenters. The molecule has 0 N–H and O–H groups in total. The quantitative estimate of drug-likeness (QED) is 0.197. The Kier molecular flexibility index (Phi) is 10.2. The van der Waals surface area contributed by atoms with Gasteiger partial charge in [0.15, 0.2) is 0 Å². The van der Waals surface area contributed by atoms with E-state index in [1.165, 1.54) is 0 Å². The number of nitrogens with zero attached hydrogens (tertiary/aromatic N) is 3. The summed E-state index contributed by atoms with van der Waals surface area (Å²) in [5, 5.41) is 4.30. The van der Waals surface area contributed by atoms with Crippen LogP contribution < -0.4 is 0 Å². The molecule has 0 atom stereocenters. The van der Waals surface area contributed by atoms with E-state index in [1.807, 2.05) is 0 Å². The lowest BCUT2D eigenvalue weighted by atomic mass is 9.96. The van der Waals surface area contributed by atoms with Crippen molar-refractivity contribution in [2.24, 2.45) is 29.8 Å². The summed E-state index contributed by atoms with van der Waals surface area (Å²) in [6.45, 7) is 2.52. The monoisotopic (exact) mass is 909 g/mol. The van der Waals surface area contributed by atoms with Gasteiger partial charge in [0.1, 0.15) is 0 Å². The van der Waals surface area contributed by atoms with E-state index in [4.69, 9.17) is 40.7 Å². The first-order chi connectivity index (χ1) is 15.7. The van der Waals surface area contributed by atoms with Crippen molar-refractivity contribution in [2.75, 3.05) is 71.6 Å². The molecule has 0 radical (unpaired) electrons. The van der Waals surface area contributed by atoms with Crippen LogP contribution in [0.1, 0.15) is 0 Å². The fraction of sp³-hybridized carbons (Fsp3) is 1.00. The zero-order valence-corrected chi connectivity index (χ0v) is 29.6. The molecular weight excluding hydrogens is 891 g/mol. The molecular formula is C15H24Br6N3O6P3. The number of alkyl halides is 6. The van der Waals surface area contributed by atoms with E-state index >= 15 is 0 Å². The van der Waals surface area contributed by atoms with E-state index in [0.29, 0.717) is 71.6 Å². The Balaban J connectivity index is 1.72. The maximum atomic E-state index is 6.30. The first-order valence-electron chi connectivity index (χ1n) is 9.87. The van der Waals surface area contributed by atoms with E-state index in [2.05, 4.69) is 95.6 Å². The zero-order valence-electron chi connectivity index (χ0n) is 17.4. The Labute approximate surface area is 244 Å². The lowest BCUT2D eigenvalue weighted by Gasteiger charge is -2.45. The summed E-state index contributed by atoms with van der Waals surface area (Å²) in [4.78, 5) is 0. The first-order valence-corrected chi connectivity index (χ1v) is 21.2. The van der Waals surface area contributed by atoms with Gasteiger partial charge >= 0.3 is 23.0 Å². The Hall–Kier alpha value is 3.33. The van der Waals surface area contributed by atoms with E-state index in [-0.39, 0.29) is 16.2 Å². The lowest BCUT2D eigenvalue weighted by Crippen LogP contribution is -2.40. The van der Waals surface area contributed by atoms with E-state index in [1.54, 1.807) is 0 Å². The van der Waals surface area contributed by atoms with Crippen molar-refractivity contribution < 1.29 is 27.1 Å². The van der Waals surface area contributed by atoms with Crippen LogP contribution >= 0.6 is 119 Å². The van der Waals surface area contributed by atoms with Gasteiger partial charge in [-0.1, -0.05) is 95.6 Å². The van der Waals surface area contributed by atoms with Crippen LogP contribution in [0, 0.1) is 16.2 Å². The summed E-state index contributed by atoms with van der Waals surface area (Å²) in [6.07, 6.45) is 0. The third-order valence-corrected chi connectivity index (χ3v) is 21.0. The number of rotatable bonds is 6. The Morgan fingerprint density at radius 2 is 0.606 bits per heavy atom. The molecule has 0 amide bonds. The van der Waals surface area contributed by atoms with Gasteiger partial charge in [-0.25, -0.2) is 0 Å². The normalized spacial score (nSPS) is 30.4. The molecule has 0 aromatic rings. The number of halogens is 6. The van der Waals surface area contributed by atoms with Crippen molar-refractivity contribution in [1.29, 1.82) is 0 Å². The van der Waals surface area contributed by atoms with E-state index in [9.17, 15) is 0 Å². The van der Waals surface area contributed by atoms with Gasteiger partial charge in [-0.3, -0.25) is 0 Å². The van der Waals surface area contributed by atoms with Crippen LogP contribution in [0.5, 0.6) is 0 Å². The number of hydrogen-bond acceptors (Lipinski definition) is 9. The smallest absolute Gasteiger partial charge is 0.306 e. The fourth-order valence-corrected chi connectivity index (χ4v) is 17.8. The van der Waals surface area contributed by atoms with E-state index in [0.717, 1.165) is 0 Å². The second-order valence-electron chi connectivity index (χ2n) is 8.68. The van der Waals surface area contributed by atoms with Gasteiger partial charge in [-0.2, -0.15) is 0 Å². The highest BCUT2D eigenvalue weighted by Gasteiger charge is 2.52. The molecule has 0 bridgehead atoms. The van der Waals surface area contributed by atoms with Crippen LogP contribution in [-0.2, 0) is 27.1 Å². The Bertz CT molecular complexity index is 741. The largest absolute Gasteiger partial charge is 0.349 e. The van der Waals surface area contributed by atoms with Gasteiger partial charge in [0, 0.05) is 48.2 Å². The van der Waals surface area contributed by atoms with Crippen LogP contribution in [0.25, 0.3) is 0 Å². The van der Waals surface area contributed by atoms with Crippen molar-refractivity contribution >= 4 is 119 Å². The van der Waals surface area contributed by atoms with Crippen molar-refractivity contribution in [3.8, 4) is 0 Å². The second kappa shape index (κ2) is 11.4. The summed E-state index contributed by atoms with van der Waals surface area (Å²) in [5.74, 6) is 0. The minimum Gasteiger partial charge on any atom is -0.306 e. The van der Waals surface area contributed by atoms with Gasteiger partial charge in [0.25, 0.3) is 0 Å². The molecule has 9 nitrogen and oxygen atoms in total. The molecule has 0 aliphatic carbocycles. The van der Waals surface area contributed by atoms with E-state index < -0.39 is 23.0 Å². The molecule has 18 heteroatoms. The van der Waals surface area contributed by atoms with Crippen LogP contribution in [-0.4, -0.2) is 71.6 Å². The highest BCUT2D eigenvalue weighted by molar-refractivity contribution is 9.10. The van der Waals surface area contributed by atoms with Gasteiger partial charge in [0.2, 0.25) is 0 Å². The molecule has 4 heterocycles. The van der Waals surface area contributed by atoms with Crippen molar-refractivity contribution in [1.82, 2.24) is 0 Å². The van der Waals surface area contributed by atoms with Gasteiger partial charge in [-0.05, 0) is 0 Å². The third kappa shape index (κ3) is 5.93. The molecule has 0 aromatic heterocycles. The molecule has 0 saturated carbocycles. The topological polar surface area (TPSA) is 92.5 Å². The van der Waals surface area contributed by atoms with Crippen LogP contribution in [0.3, 0.4) is 0 Å². The van der Waals surface area contributed by atoms with Crippen LogP contribution in [0.2, 0.25) is 0 Å². The molecule has 4 rings (SSSR count). The first kappa shape index (κ1) is 29.3. The summed E-state index contributed by atoms with van der Waals surface area (Å²) < 4.78 is 52.4. The Morgan fingerprint density at radius 1 is 0.424 bits per heavy atom. The molecule has 4 aliphatic rings. The summed E-state index contributed by atoms with van der Waals surface area (Å²) in [7, 11) is -9.33. The standard InChI is InChI=1S/C15H24Br6N3O6P3/c16-1-13(2-17)7-25-31(26-8-13)22-32(27-9-14(3-18,4-19)10-28-32)24-33(23-31)29-11-15(5-20,6-21)12-30-33/h1-12H2. The molecule has 4 aliphatic heterocycles. The lowest BCUT2D eigenvalue weighted by molar-refractivity contribution is 0.0497. The minimum atomic E-state index is -3.11. The predicted octanol–water partition coefficient (Wildman–Crippen LogP) is 8.31. The van der Waals surface area contributed by atoms with Crippen molar-refractivity contribution in [3.63, 3.8) is 0 Å². The highest BCUT2D eigenvalue weighted by Crippen LogP contribution is 2.82. The molecule has 33 heavy (non-hydrogen) atoms. The van der Waals surface area contributed by atoms with Crippen LogP contribution in [0.15, 0.2) is 13.5 Å². The summed E-state index contributed by atoms with van der Waals surface area (Å²) in [5.41, 5.74) is -0.646. The van der Waals surface area contributed by atoms with Crippen LogP contribution in [0.4, 0.5) is 0 Å². The molecule has 0 aromatic carbocycles.